The maximum absolute atomic E-state index is 11.7. The van der Waals surface area contributed by atoms with Crippen LogP contribution in [0.2, 0.25) is 0 Å². The lowest BCUT2D eigenvalue weighted by Gasteiger charge is -2.16. The summed E-state index contributed by atoms with van der Waals surface area (Å²) in [5.41, 5.74) is 2.36. The van der Waals surface area contributed by atoms with Crippen LogP contribution >= 0.6 is 24.0 Å². The van der Waals surface area contributed by atoms with Crippen molar-refractivity contribution in [2.24, 2.45) is 10.9 Å². The first-order valence-corrected chi connectivity index (χ1v) is 10.7. The summed E-state index contributed by atoms with van der Waals surface area (Å²) in [6, 6.07) is 8.42. The van der Waals surface area contributed by atoms with Crippen molar-refractivity contribution in [3.8, 4) is 0 Å². The van der Waals surface area contributed by atoms with Gasteiger partial charge in [-0.3, -0.25) is 9.79 Å². The fourth-order valence-electron chi connectivity index (χ4n) is 3.61. The zero-order chi connectivity index (χ0) is 20.3. The molecule has 0 radical (unpaired) electrons. The lowest BCUT2D eigenvalue weighted by molar-refractivity contribution is -0.128. The van der Waals surface area contributed by atoms with Gasteiger partial charge in [0.2, 0.25) is 5.91 Å². The third-order valence-electron chi connectivity index (χ3n) is 5.39. The molecule has 3 rings (SSSR count). The molecular weight excluding hydrogens is 495 g/mol. The van der Waals surface area contributed by atoms with Gasteiger partial charge < -0.3 is 25.0 Å². The quantitative estimate of drug-likeness (QED) is 0.211. The molecule has 0 bridgehead atoms. The summed E-state index contributed by atoms with van der Waals surface area (Å²) in [5, 5.41) is 6.66. The van der Waals surface area contributed by atoms with Crippen molar-refractivity contribution in [3.05, 3.63) is 35.4 Å². The average Bonchev–Trinajstić information content (AvgIpc) is 3.40. The fraction of sp³-hybridized carbons (Fsp3) is 0.636. The monoisotopic (exact) mass is 530 g/mol. The topological polar surface area (TPSA) is 75.2 Å². The van der Waals surface area contributed by atoms with Gasteiger partial charge in [0.15, 0.2) is 5.96 Å². The van der Waals surface area contributed by atoms with Crippen molar-refractivity contribution in [2.45, 2.75) is 38.8 Å². The zero-order valence-electron chi connectivity index (χ0n) is 17.9. The Morgan fingerprint density at radius 3 is 2.73 bits per heavy atom. The Kier molecular flexibility index (Phi) is 11.5. The molecule has 0 spiro atoms. The smallest absolute Gasteiger partial charge is 0.222 e. The number of benzene rings is 1. The second-order valence-corrected chi connectivity index (χ2v) is 7.75. The Balaban J connectivity index is 0.00000320. The number of carbonyl (C=O) groups is 1. The normalized spacial score (nSPS) is 19.1. The van der Waals surface area contributed by atoms with Crippen LogP contribution in [-0.2, 0) is 27.4 Å². The number of hydrogen-bond acceptors (Lipinski definition) is 4. The van der Waals surface area contributed by atoms with Gasteiger partial charge in [-0.05, 0) is 30.4 Å². The lowest BCUT2D eigenvalue weighted by atomic mass is 10.1. The Morgan fingerprint density at radius 1 is 1.27 bits per heavy atom. The maximum Gasteiger partial charge on any atom is 0.222 e. The number of likely N-dealkylation sites (tertiary alicyclic amines) is 1. The molecule has 7 nitrogen and oxygen atoms in total. The van der Waals surface area contributed by atoms with Crippen molar-refractivity contribution < 1.29 is 14.3 Å². The second kappa shape index (κ2) is 13.8. The molecule has 2 saturated heterocycles. The van der Waals surface area contributed by atoms with Gasteiger partial charge in [-0.15, -0.1) is 24.0 Å². The van der Waals surface area contributed by atoms with Gasteiger partial charge in [0.25, 0.3) is 0 Å². The Labute approximate surface area is 197 Å². The first-order valence-electron chi connectivity index (χ1n) is 10.7. The molecule has 2 fully saturated rings. The van der Waals surface area contributed by atoms with Crippen LogP contribution in [0, 0.1) is 5.92 Å². The third-order valence-corrected chi connectivity index (χ3v) is 5.39. The van der Waals surface area contributed by atoms with Crippen LogP contribution in [0.15, 0.2) is 29.3 Å². The second-order valence-electron chi connectivity index (χ2n) is 7.75. The maximum atomic E-state index is 11.7. The van der Waals surface area contributed by atoms with Gasteiger partial charge in [-0.1, -0.05) is 24.3 Å². The number of amides is 1. The number of nitrogens with zero attached hydrogens (tertiary/aromatic N) is 2. The van der Waals surface area contributed by atoms with Crippen molar-refractivity contribution in [1.29, 1.82) is 0 Å². The van der Waals surface area contributed by atoms with Crippen molar-refractivity contribution in [1.82, 2.24) is 15.5 Å². The molecule has 1 amide bonds. The van der Waals surface area contributed by atoms with Crippen LogP contribution < -0.4 is 10.6 Å². The molecule has 1 aromatic carbocycles. The number of halogens is 1. The van der Waals surface area contributed by atoms with E-state index in [4.69, 9.17) is 9.47 Å². The zero-order valence-corrected chi connectivity index (χ0v) is 20.2. The summed E-state index contributed by atoms with van der Waals surface area (Å²) in [4.78, 5) is 17.9. The van der Waals surface area contributed by atoms with E-state index in [9.17, 15) is 4.79 Å². The Hall–Kier alpha value is -1.39. The van der Waals surface area contributed by atoms with Crippen molar-refractivity contribution >= 4 is 35.8 Å². The van der Waals surface area contributed by atoms with Crippen LogP contribution in [0.25, 0.3) is 0 Å². The van der Waals surface area contributed by atoms with E-state index in [0.717, 1.165) is 64.7 Å². The number of carbonyl (C=O) groups excluding carboxylic acids is 1. The van der Waals surface area contributed by atoms with Crippen LogP contribution in [0.5, 0.6) is 0 Å². The molecule has 2 aliphatic rings. The van der Waals surface area contributed by atoms with E-state index in [0.29, 0.717) is 25.4 Å². The van der Waals surface area contributed by atoms with Gasteiger partial charge >= 0.3 is 0 Å². The summed E-state index contributed by atoms with van der Waals surface area (Å²) in [6.45, 7) is 6.39. The minimum Gasteiger partial charge on any atom is -0.381 e. The Morgan fingerprint density at radius 2 is 2.07 bits per heavy atom. The minimum atomic E-state index is 0. The van der Waals surface area contributed by atoms with Gasteiger partial charge in [-0.2, -0.15) is 0 Å². The predicted molar refractivity (Wildman–Crippen MR) is 129 cm³/mol. The van der Waals surface area contributed by atoms with Crippen LogP contribution in [0.1, 0.15) is 36.8 Å². The number of aliphatic imine (C=N–C) groups is 1. The van der Waals surface area contributed by atoms with E-state index < -0.39 is 0 Å². The summed E-state index contributed by atoms with van der Waals surface area (Å²) in [7, 11) is 1.78. The van der Waals surface area contributed by atoms with E-state index in [1.54, 1.807) is 7.05 Å². The number of nitrogens with one attached hydrogen (secondary N) is 2. The van der Waals surface area contributed by atoms with Gasteiger partial charge in [0.05, 0.1) is 13.2 Å². The average molecular weight is 530 g/mol. The number of ether oxygens (including phenoxy) is 2. The summed E-state index contributed by atoms with van der Waals surface area (Å²) in [6.07, 6.45) is 3.73. The molecule has 2 heterocycles. The molecule has 1 atom stereocenters. The minimum absolute atomic E-state index is 0. The standard InChI is InChI=1S/C22H34N4O3.HI/c1-23-22(24-10-3-12-28-16-20-9-13-29-17-20)25-14-18-5-7-19(8-6-18)15-26-11-2-4-21(26)27;/h5-8,20H,2-4,9-17H2,1H3,(H2,23,24,25);1H. The highest BCUT2D eigenvalue weighted by Gasteiger charge is 2.19. The van der Waals surface area contributed by atoms with E-state index in [-0.39, 0.29) is 29.9 Å². The van der Waals surface area contributed by atoms with Gasteiger partial charge in [0.1, 0.15) is 0 Å². The molecule has 0 saturated carbocycles. The molecule has 2 aliphatic heterocycles. The lowest BCUT2D eigenvalue weighted by Crippen LogP contribution is -2.37. The summed E-state index contributed by atoms with van der Waals surface area (Å²) >= 11 is 0. The van der Waals surface area contributed by atoms with Crippen LogP contribution in [-0.4, -0.2) is 63.3 Å². The predicted octanol–water partition coefficient (Wildman–Crippen LogP) is 2.54. The molecular formula is C22H35IN4O3. The molecule has 1 unspecified atom stereocenters. The van der Waals surface area contributed by atoms with E-state index >= 15 is 0 Å². The highest BCUT2D eigenvalue weighted by Crippen LogP contribution is 2.15. The highest BCUT2D eigenvalue weighted by molar-refractivity contribution is 14.0. The van der Waals surface area contributed by atoms with Crippen molar-refractivity contribution in [3.63, 3.8) is 0 Å². The molecule has 0 aliphatic carbocycles. The molecule has 8 heteroatoms. The molecule has 1 aromatic rings. The highest BCUT2D eigenvalue weighted by atomic mass is 127. The van der Waals surface area contributed by atoms with E-state index in [1.807, 2.05) is 4.90 Å². The van der Waals surface area contributed by atoms with Gasteiger partial charge in [-0.25, -0.2) is 0 Å². The number of rotatable bonds is 10. The third kappa shape index (κ3) is 8.39. The van der Waals surface area contributed by atoms with Crippen LogP contribution in [0.4, 0.5) is 0 Å². The van der Waals surface area contributed by atoms with Gasteiger partial charge in [0, 0.05) is 58.8 Å². The number of hydrogen-bond donors (Lipinski definition) is 2. The molecule has 0 aromatic heterocycles. The van der Waals surface area contributed by atoms with E-state index in [1.165, 1.54) is 11.1 Å². The first kappa shape index (κ1) is 24.9. The summed E-state index contributed by atoms with van der Waals surface area (Å²) in [5.74, 6) is 1.63. The number of guanidine groups is 1. The fourth-order valence-corrected chi connectivity index (χ4v) is 3.61. The SMILES string of the molecule is CN=C(NCCCOCC1CCOC1)NCc1ccc(CN2CCCC2=O)cc1.I. The first-order chi connectivity index (χ1) is 14.2. The largest absolute Gasteiger partial charge is 0.381 e. The summed E-state index contributed by atoms with van der Waals surface area (Å²) < 4.78 is 11.1. The Bertz CT molecular complexity index is 663. The molecule has 2 N–H and O–H groups in total. The molecule has 168 valence electrons. The van der Waals surface area contributed by atoms with Crippen molar-refractivity contribution in [2.75, 3.05) is 46.6 Å². The van der Waals surface area contributed by atoms with E-state index in [2.05, 4.69) is 39.9 Å². The van der Waals surface area contributed by atoms with Crippen LogP contribution in [0.3, 0.4) is 0 Å². The molecule has 30 heavy (non-hydrogen) atoms.